The first-order valence-corrected chi connectivity index (χ1v) is 11.6. The summed E-state index contributed by atoms with van der Waals surface area (Å²) in [5, 5.41) is 0. The van der Waals surface area contributed by atoms with Gasteiger partial charge in [0.2, 0.25) is 5.96 Å². The number of sulfonamides is 1. The van der Waals surface area contributed by atoms with Gasteiger partial charge in [-0.1, -0.05) is 30.3 Å². The van der Waals surface area contributed by atoms with Crippen molar-refractivity contribution in [2.24, 2.45) is 4.40 Å². The first kappa shape index (κ1) is 21.2. The van der Waals surface area contributed by atoms with Gasteiger partial charge in [-0.15, -0.1) is 4.40 Å². The second-order valence-electron chi connectivity index (χ2n) is 8.46. The molecule has 0 atom stereocenters. The number of para-hydroxylation sites is 2. The van der Waals surface area contributed by atoms with Crippen molar-refractivity contribution >= 4 is 33.5 Å². The molecule has 2 aliphatic rings. The number of guanidine groups is 1. The van der Waals surface area contributed by atoms with Crippen LogP contribution in [0.3, 0.4) is 0 Å². The molecule has 1 fully saturated rings. The van der Waals surface area contributed by atoms with Crippen LogP contribution in [0.15, 0.2) is 63.9 Å². The van der Waals surface area contributed by atoms with Gasteiger partial charge in [0, 0.05) is 31.9 Å². The summed E-state index contributed by atoms with van der Waals surface area (Å²) in [6.45, 7) is 7.21. The van der Waals surface area contributed by atoms with Crippen molar-refractivity contribution in [1.82, 2.24) is 9.80 Å². The van der Waals surface area contributed by atoms with Gasteiger partial charge in [0.25, 0.3) is 10.0 Å². The van der Waals surface area contributed by atoms with Crippen molar-refractivity contribution in [3.63, 3.8) is 0 Å². The van der Waals surface area contributed by atoms with E-state index in [1.165, 1.54) is 0 Å². The first-order chi connectivity index (χ1) is 14.7. The number of benzene rings is 2. The van der Waals surface area contributed by atoms with Gasteiger partial charge < -0.3 is 14.5 Å². The van der Waals surface area contributed by atoms with Gasteiger partial charge in [-0.3, -0.25) is 4.90 Å². The summed E-state index contributed by atoms with van der Waals surface area (Å²) in [5.74, 6) is 0.341. The zero-order chi connectivity index (χ0) is 22.2. The summed E-state index contributed by atoms with van der Waals surface area (Å²) in [6.07, 6.45) is -0.365. The third-order valence-corrected chi connectivity index (χ3v) is 6.32. The smallest absolute Gasteiger partial charge is 0.410 e. The van der Waals surface area contributed by atoms with Crippen LogP contribution in [0.1, 0.15) is 20.8 Å². The van der Waals surface area contributed by atoms with Crippen LogP contribution in [0.5, 0.6) is 0 Å². The summed E-state index contributed by atoms with van der Waals surface area (Å²) in [5.41, 5.74) is 0.815. The lowest BCUT2D eigenvalue weighted by Crippen LogP contribution is -2.55. The van der Waals surface area contributed by atoms with Gasteiger partial charge >= 0.3 is 6.09 Å². The quantitative estimate of drug-likeness (QED) is 0.673. The lowest BCUT2D eigenvalue weighted by molar-refractivity contribution is 0.0186. The molecule has 0 saturated carbocycles. The van der Waals surface area contributed by atoms with Gasteiger partial charge in [-0.05, 0) is 45.0 Å². The highest BCUT2D eigenvalue weighted by molar-refractivity contribution is 7.90. The number of fused-ring (bicyclic) bond motifs is 1. The van der Waals surface area contributed by atoms with Crippen LogP contribution in [0.25, 0.3) is 0 Å². The molecule has 2 aromatic carbocycles. The highest BCUT2D eigenvalue weighted by Gasteiger charge is 2.36. The molecule has 0 aromatic heterocycles. The van der Waals surface area contributed by atoms with E-state index in [4.69, 9.17) is 4.74 Å². The number of amides is 1. The minimum atomic E-state index is -3.84. The van der Waals surface area contributed by atoms with Gasteiger partial charge in [-0.2, -0.15) is 8.42 Å². The molecule has 1 amide bonds. The summed E-state index contributed by atoms with van der Waals surface area (Å²) >= 11 is 0. The number of anilines is 2. The SMILES string of the molecule is CC(C)(C)OC(=O)N1CCN(C2=NS(=O)(=O)c3ccccc3N2c2ccccc2)CC1. The van der Waals surface area contributed by atoms with Crippen LogP contribution in [0, 0.1) is 0 Å². The van der Waals surface area contributed by atoms with Gasteiger partial charge in [0.15, 0.2) is 0 Å². The first-order valence-electron chi connectivity index (χ1n) is 10.2. The van der Waals surface area contributed by atoms with E-state index < -0.39 is 15.6 Å². The van der Waals surface area contributed by atoms with Crippen molar-refractivity contribution in [3.8, 4) is 0 Å². The molecule has 0 unspecified atom stereocenters. The third-order valence-electron chi connectivity index (χ3n) is 5.01. The maximum Gasteiger partial charge on any atom is 0.410 e. The van der Waals surface area contributed by atoms with E-state index in [0.29, 0.717) is 37.8 Å². The maximum atomic E-state index is 12.9. The Balaban J connectivity index is 1.64. The van der Waals surface area contributed by atoms with E-state index in [0.717, 1.165) is 5.69 Å². The maximum absolute atomic E-state index is 12.9. The molecule has 164 valence electrons. The molecular formula is C22H26N4O4S. The van der Waals surface area contributed by atoms with E-state index in [-0.39, 0.29) is 11.0 Å². The fraction of sp³-hybridized carbons (Fsp3) is 0.364. The standard InChI is InChI=1S/C22H26N4O4S/c1-22(2,3)30-21(27)25-15-13-24(14-16-25)20-23-31(28,29)19-12-8-7-11-18(19)26(20)17-9-5-4-6-10-17/h4-12H,13-16H2,1-3H3. The summed E-state index contributed by atoms with van der Waals surface area (Å²) < 4.78 is 35.4. The topological polar surface area (TPSA) is 82.5 Å². The Hall–Kier alpha value is -3.07. The van der Waals surface area contributed by atoms with Crippen LogP contribution in [0.4, 0.5) is 16.2 Å². The molecule has 2 aromatic rings. The molecule has 4 rings (SSSR count). The van der Waals surface area contributed by atoms with Gasteiger partial charge in [-0.25, -0.2) is 4.79 Å². The average Bonchev–Trinajstić information content (AvgIpc) is 2.73. The number of piperazine rings is 1. The molecule has 0 spiro atoms. The van der Waals surface area contributed by atoms with Crippen molar-refractivity contribution in [2.75, 3.05) is 31.1 Å². The highest BCUT2D eigenvalue weighted by atomic mass is 32.2. The van der Waals surface area contributed by atoms with Crippen LogP contribution in [0.2, 0.25) is 0 Å². The third kappa shape index (κ3) is 4.36. The summed E-state index contributed by atoms with van der Waals surface area (Å²) in [6, 6.07) is 16.4. The Morgan fingerprint density at radius 3 is 2.19 bits per heavy atom. The van der Waals surface area contributed by atoms with Crippen LogP contribution in [-0.2, 0) is 14.8 Å². The fourth-order valence-corrected chi connectivity index (χ4v) is 4.80. The number of carbonyl (C=O) groups is 1. The second kappa shape index (κ2) is 7.88. The highest BCUT2D eigenvalue weighted by Crippen LogP contribution is 2.37. The van der Waals surface area contributed by atoms with Crippen LogP contribution in [-0.4, -0.2) is 62.1 Å². The normalized spacial score (nSPS) is 18.3. The van der Waals surface area contributed by atoms with E-state index in [2.05, 4.69) is 4.40 Å². The van der Waals surface area contributed by atoms with Gasteiger partial charge in [0.05, 0.1) is 5.69 Å². The average molecular weight is 443 g/mol. The largest absolute Gasteiger partial charge is 0.444 e. The number of carbonyl (C=O) groups excluding carboxylic acids is 1. The minimum absolute atomic E-state index is 0.176. The monoisotopic (exact) mass is 442 g/mol. The van der Waals surface area contributed by atoms with Crippen molar-refractivity contribution in [1.29, 1.82) is 0 Å². The number of hydrogen-bond donors (Lipinski definition) is 0. The molecule has 2 aliphatic heterocycles. The van der Waals surface area contributed by atoms with E-state index in [1.807, 2.05) is 67.0 Å². The van der Waals surface area contributed by atoms with Gasteiger partial charge in [0.1, 0.15) is 10.5 Å². The lowest BCUT2D eigenvalue weighted by Gasteiger charge is -2.41. The molecule has 8 nitrogen and oxygen atoms in total. The Kier molecular flexibility index (Phi) is 5.38. The molecule has 0 N–H and O–H groups in total. The number of ether oxygens (including phenoxy) is 1. The number of hydrogen-bond acceptors (Lipinski definition) is 6. The summed E-state index contributed by atoms with van der Waals surface area (Å²) in [4.78, 5) is 18.0. The molecule has 9 heteroatoms. The predicted octanol–water partition coefficient (Wildman–Crippen LogP) is 3.44. The van der Waals surface area contributed by atoms with E-state index >= 15 is 0 Å². The van der Waals surface area contributed by atoms with E-state index in [9.17, 15) is 13.2 Å². The molecule has 2 heterocycles. The molecule has 31 heavy (non-hydrogen) atoms. The molecule has 0 bridgehead atoms. The Morgan fingerprint density at radius 2 is 1.55 bits per heavy atom. The Bertz CT molecular complexity index is 1100. The predicted molar refractivity (Wildman–Crippen MR) is 119 cm³/mol. The molecule has 0 aliphatic carbocycles. The Morgan fingerprint density at radius 1 is 0.935 bits per heavy atom. The van der Waals surface area contributed by atoms with Crippen molar-refractivity contribution in [3.05, 3.63) is 54.6 Å². The molecule has 0 radical (unpaired) electrons. The number of rotatable bonds is 1. The number of nitrogens with zero attached hydrogens (tertiary/aromatic N) is 4. The zero-order valence-corrected chi connectivity index (χ0v) is 18.7. The second-order valence-corrected chi connectivity index (χ2v) is 10.0. The molecule has 1 saturated heterocycles. The lowest BCUT2D eigenvalue weighted by atomic mass is 10.2. The fourth-order valence-electron chi connectivity index (χ4n) is 3.61. The van der Waals surface area contributed by atoms with Crippen molar-refractivity contribution < 1.29 is 17.9 Å². The zero-order valence-electron chi connectivity index (χ0n) is 17.9. The van der Waals surface area contributed by atoms with Crippen molar-refractivity contribution in [2.45, 2.75) is 31.3 Å². The minimum Gasteiger partial charge on any atom is -0.444 e. The Labute approximate surface area is 182 Å². The molecular weight excluding hydrogens is 416 g/mol. The van der Waals surface area contributed by atoms with E-state index in [1.54, 1.807) is 23.1 Å². The van der Waals surface area contributed by atoms with Crippen LogP contribution < -0.4 is 4.90 Å². The summed E-state index contributed by atoms with van der Waals surface area (Å²) in [7, 11) is -3.84. The van der Waals surface area contributed by atoms with Crippen LogP contribution >= 0.6 is 0 Å².